The van der Waals surface area contributed by atoms with Gasteiger partial charge >= 0.3 is 0 Å². The molecule has 0 saturated carbocycles. The van der Waals surface area contributed by atoms with E-state index in [1.54, 1.807) is 0 Å². The minimum absolute atomic E-state index is 1.15. The molecular weight excluding hydrogens is 312 g/mol. The van der Waals surface area contributed by atoms with Crippen LogP contribution < -0.4 is 0 Å². The van der Waals surface area contributed by atoms with Crippen molar-refractivity contribution in [1.29, 1.82) is 0 Å². The van der Waals surface area contributed by atoms with Gasteiger partial charge in [0.2, 0.25) is 0 Å². The van der Waals surface area contributed by atoms with E-state index in [1.165, 1.54) is 48.7 Å². The van der Waals surface area contributed by atoms with Gasteiger partial charge in [0, 0.05) is 0 Å². The molecule has 1 radical (unpaired) electrons. The van der Waals surface area contributed by atoms with E-state index in [-0.39, 0.29) is 0 Å². The molecule has 119 valence electrons. The number of rotatable bonds is 1. The molecule has 0 unspecified atom stereocenters. The second-order valence-electron chi connectivity index (χ2n) is 6.88. The zero-order chi connectivity index (χ0) is 17.1. The average Bonchev–Trinajstić information content (AvgIpc) is 2.72. The van der Waals surface area contributed by atoms with E-state index in [0.717, 1.165) is 5.56 Å². The summed E-state index contributed by atoms with van der Waals surface area (Å²) in [5.74, 6) is 0. The molecule has 0 aliphatic rings. The summed E-state index contributed by atoms with van der Waals surface area (Å²) < 4.78 is 0. The number of benzene rings is 6. The lowest BCUT2D eigenvalue weighted by atomic mass is 9.86. The van der Waals surface area contributed by atoms with Gasteiger partial charge in [-0.3, -0.25) is 0 Å². The van der Waals surface area contributed by atoms with Crippen LogP contribution in [-0.2, 0) is 0 Å². The van der Waals surface area contributed by atoms with Gasteiger partial charge in [-0.25, -0.2) is 0 Å². The lowest BCUT2D eigenvalue weighted by Crippen LogP contribution is -1.89. The molecule has 0 N–H and O–H groups in total. The molecule has 0 heterocycles. The summed E-state index contributed by atoms with van der Waals surface area (Å²) in [5.41, 5.74) is 2.41. The number of fused-ring (bicyclic) bond motifs is 2. The highest BCUT2D eigenvalue weighted by molar-refractivity contribution is 6.35. The highest BCUT2D eigenvalue weighted by atomic mass is 14.2. The highest BCUT2D eigenvalue weighted by Crippen LogP contribution is 2.43. The first-order valence-corrected chi connectivity index (χ1v) is 8.97. The Balaban J connectivity index is 1.99. The molecule has 6 aromatic rings. The summed E-state index contributed by atoms with van der Waals surface area (Å²) in [6, 6.07) is 36.1. The van der Waals surface area contributed by atoms with Crippen LogP contribution in [0.4, 0.5) is 0 Å². The number of hydrogen-bond donors (Lipinski definition) is 0. The maximum Gasteiger partial charge on any atom is -0.00139 e. The first-order valence-electron chi connectivity index (χ1n) is 8.97. The van der Waals surface area contributed by atoms with Crippen molar-refractivity contribution < 1.29 is 0 Å². The van der Waals surface area contributed by atoms with E-state index >= 15 is 0 Å². The van der Waals surface area contributed by atoms with Crippen LogP contribution in [0.3, 0.4) is 0 Å². The van der Waals surface area contributed by atoms with Gasteiger partial charge < -0.3 is 0 Å². The third-order valence-corrected chi connectivity index (χ3v) is 5.51. The number of hydrogen-bond acceptors (Lipinski definition) is 0. The van der Waals surface area contributed by atoms with Crippen LogP contribution in [-0.4, -0.2) is 0 Å². The van der Waals surface area contributed by atoms with Gasteiger partial charge in [-0.1, -0.05) is 91.0 Å². The van der Waals surface area contributed by atoms with Gasteiger partial charge in [0.1, 0.15) is 0 Å². The first-order chi connectivity index (χ1) is 12.9. The summed E-state index contributed by atoms with van der Waals surface area (Å²) in [6.45, 7) is 0. The van der Waals surface area contributed by atoms with Gasteiger partial charge in [0.05, 0.1) is 0 Å². The van der Waals surface area contributed by atoms with Crippen molar-refractivity contribution in [3.05, 3.63) is 97.1 Å². The largest absolute Gasteiger partial charge is 0.0616 e. The third kappa shape index (κ3) is 1.74. The van der Waals surface area contributed by atoms with Crippen LogP contribution in [0.1, 0.15) is 0 Å². The Morgan fingerprint density at radius 3 is 1.88 bits per heavy atom. The second-order valence-corrected chi connectivity index (χ2v) is 6.88. The smallest absolute Gasteiger partial charge is 0.00139 e. The molecule has 6 aromatic carbocycles. The molecule has 0 bridgehead atoms. The minimum atomic E-state index is 1.15. The maximum atomic E-state index is 3.42. The topological polar surface area (TPSA) is 0 Å². The molecule has 0 nitrogen and oxygen atoms in total. The minimum Gasteiger partial charge on any atom is -0.0616 e. The summed E-state index contributed by atoms with van der Waals surface area (Å²) in [7, 11) is 0. The zero-order valence-corrected chi connectivity index (χ0v) is 14.2. The molecular formula is C26H15. The van der Waals surface area contributed by atoms with Crippen LogP contribution in [0.2, 0.25) is 0 Å². The lowest BCUT2D eigenvalue weighted by Gasteiger charge is -2.17. The quantitative estimate of drug-likeness (QED) is 0.221. The van der Waals surface area contributed by atoms with E-state index < -0.39 is 0 Å². The Kier molecular flexibility index (Phi) is 2.70. The Bertz CT molecular complexity index is 1400. The molecule has 0 aromatic heterocycles. The van der Waals surface area contributed by atoms with Crippen LogP contribution in [0.5, 0.6) is 0 Å². The molecule has 0 saturated heterocycles. The van der Waals surface area contributed by atoms with Crippen molar-refractivity contribution in [3.8, 4) is 11.1 Å². The van der Waals surface area contributed by atoms with Gasteiger partial charge in [0.15, 0.2) is 0 Å². The molecule has 26 heavy (non-hydrogen) atoms. The fourth-order valence-electron chi connectivity index (χ4n) is 4.44. The average molecular weight is 327 g/mol. The van der Waals surface area contributed by atoms with Crippen LogP contribution in [0, 0.1) is 6.07 Å². The predicted octanol–water partition coefficient (Wildman–Crippen LogP) is 7.20. The van der Waals surface area contributed by atoms with Crippen LogP contribution >= 0.6 is 0 Å². The predicted molar refractivity (Wildman–Crippen MR) is 112 cm³/mol. The highest BCUT2D eigenvalue weighted by Gasteiger charge is 2.15. The first kappa shape index (κ1) is 13.9. The van der Waals surface area contributed by atoms with Crippen LogP contribution in [0.25, 0.3) is 54.2 Å². The normalized spacial score (nSPS) is 11.8. The van der Waals surface area contributed by atoms with E-state index in [1.807, 2.05) is 12.1 Å². The molecule has 6 rings (SSSR count). The van der Waals surface area contributed by atoms with Crippen LogP contribution in [0.15, 0.2) is 91.0 Å². The summed E-state index contributed by atoms with van der Waals surface area (Å²) >= 11 is 0. The SMILES string of the molecule is [c]1ccccc1-c1ccc2cccc3c4cccc5cccc(c1c23)c54. The van der Waals surface area contributed by atoms with Gasteiger partial charge in [-0.15, -0.1) is 0 Å². The molecule has 0 atom stereocenters. The molecule has 0 amide bonds. The van der Waals surface area contributed by atoms with Gasteiger partial charge in [-0.05, 0) is 60.3 Å². The standard InChI is InChI=1S/C26H15/c1-2-7-17(8-3-1)20-16-15-19-11-5-13-22-21-12-4-9-18-10-6-14-23(24(18)21)26(20)25(19)22/h1-7,9-16H. The van der Waals surface area contributed by atoms with Crippen molar-refractivity contribution in [1.82, 2.24) is 0 Å². The molecule has 0 spiro atoms. The fraction of sp³-hybridized carbons (Fsp3) is 0. The fourth-order valence-corrected chi connectivity index (χ4v) is 4.44. The van der Waals surface area contributed by atoms with Crippen molar-refractivity contribution in [2.75, 3.05) is 0 Å². The van der Waals surface area contributed by atoms with Gasteiger partial charge in [-0.2, -0.15) is 0 Å². The Morgan fingerprint density at radius 2 is 1.15 bits per heavy atom. The second kappa shape index (κ2) is 5.06. The zero-order valence-electron chi connectivity index (χ0n) is 14.2. The molecule has 0 fully saturated rings. The lowest BCUT2D eigenvalue weighted by molar-refractivity contribution is 1.65. The van der Waals surface area contributed by atoms with Crippen molar-refractivity contribution >= 4 is 43.1 Å². The van der Waals surface area contributed by atoms with E-state index in [2.05, 4.69) is 84.9 Å². The molecule has 0 heteroatoms. The monoisotopic (exact) mass is 327 g/mol. The van der Waals surface area contributed by atoms with E-state index in [0.29, 0.717) is 0 Å². The van der Waals surface area contributed by atoms with E-state index in [9.17, 15) is 0 Å². The Labute approximate surface area is 151 Å². The summed E-state index contributed by atoms with van der Waals surface area (Å²) in [4.78, 5) is 0. The van der Waals surface area contributed by atoms with E-state index in [4.69, 9.17) is 0 Å². The Hall–Kier alpha value is -3.38. The molecule has 0 aliphatic heterocycles. The summed E-state index contributed by atoms with van der Waals surface area (Å²) in [5, 5.41) is 10.6. The third-order valence-electron chi connectivity index (χ3n) is 5.51. The van der Waals surface area contributed by atoms with Crippen molar-refractivity contribution in [3.63, 3.8) is 0 Å². The van der Waals surface area contributed by atoms with Gasteiger partial charge in [0.25, 0.3) is 0 Å². The molecule has 0 aliphatic carbocycles. The summed E-state index contributed by atoms with van der Waals surface area (Å²) in [6.07, 6.45) is 0. The Morgan fingerprint density at radius 1 is 0.462 bits per heavy atom. The van der Waals surface area contributed by atoms with Crippen molar-refractivity contribution in [2.24, 2.45) is 0 Å². The van der Waals surface area contributed by atoms with Crippen molar-refractivity contribution in [2.45, 2.75) is 0 Å². The maximum absolute atomic E-state index is 3.42.